The first-order chi connectivity index (χ1) is 10.4. The maximum absolute atomic E-state index is 3.48. The van der Waals surface area contributed by atoms with Gasteiger partial charge in [-0.3, -0.25) is 0 Å². The topological polar surface area (TPSA) is 12.0 Å². The van der Waals surface area contributed by atoms with Gasteiger partial charge in [-0.05, 0) is 21.9 Å². The van der Waals surface area contributed by atoms with Crippen LogP contribution in [0.15, 0.2) is 78.9 Å². The van der Waals surface area contributed by atoms with Crippen LogP contribution >= 0.6 is 0 Å². The molecular weight excluding hydrogens is 254 g/mol. The lowest BCUT2D eigenvalue weighted by Crippen LogP contribution is -2.12. The zero-order valence-electron chi connectivity index (χ0n) is 12.0. The average Bonchev–Trinajstić information content (AvgIpc) is 2.56. The zero-order valence-corrected chi connectivity index (χ0v) is 12.0. The van der Waals surface area contributed by atoms with Crippen LogP contribution in [-0.4, -0.2) is 6.54 Å². The molecule has 3 rings (SSSR count). The minimum atomic E-state index is 0.873. The first kappa shape index (κ1) is 13.6. The van der Waals surface area contributed by atoms with Gasteiger partial charge in [-0.25, -0.2) is 0 Å². The summed E-state index contributed by atoms with van der Waals surface area (Å²) in [5.74, 6) is 0. The Morgan fingerprint density at radius 1 is 0.762 bits per heavy atom. The van der Waals surface area contributed by atoms with E-state index in [4.69, 9.17) is 0 Å². The van der Waals surface area contributed by atoms with Gasteiger partial charge in [0.2, 0.25) is 0 Å². The lowest BCUT2D eigenvalue weighted by atomic mass is 10.0. The second-order valence-electron chi connectivity index (χ2n) is 5.08. The molecule has 0 heterocycles. The molecule has 0 bridgehead atoms. The molecule has 0 radical (unpaired) electrons. The summed E-state index contributed by atoms with van der Waals surface area (Å²) in [6, 6.07) is 25.4. The minimum absolute atomic E-state index is 0.873. The molecule has 3 aromatic rings. The summed E-state index contributed by atoms with van der Waals surface area (Å²) in [6.07, 6.45) is 4.32. The Morgan fingerprint density at radius 3 is 2.43 bits per heavy atom. The predicted octanol–water partition coefficient (Wildman–Crippen LogP) is 4.64. The third-order valence-corrected chi connectivity index (χ3v) is 3.57. The molecule has 0 unspecified atom stereocenters. The fourth-order valence-corrected chi connectivity index (χ4v) is 2.50. The molecule has 0 aliphatic carbocycles. The van der Waals surface area contributed by atoms with Gasteiger partial charge < -0.3 is 5.32 Å². The third-order valence-electron chi connectivity index (χ3n) is 3.57. The Hall–Kier alpha value is -2.38. The van der Waals surface area contributed by atoms with Gasteiger partial charge in [0.15, 0.2) is 0 Å². The van der Waals surface area contributed by atoms with Crippen LogP contribution in [0.25, 0.3) is 16.8 Å². The fraction of sp³-hybridized carbons (Fsp3) is 0.100. The highest BCUT2D eigenvalue weighted by molar-refractivity contribution is 5.85. The van der Waals surface area contributed by atoms with E-state index in [1.807, 2.05) is 6.07 Å². The Kier molecular flexibility index (Phi) is 4.45. The summed E-state index contributed by atoms with van der Waals surface area (Å²) in [6.45, 7) is 1.76. The first-order valence-corrected chi connectivity index (χ1v) is 7.32. The van der Waals surface area contributed by atoms with Crippen molar-refractivity contribution in [3.05, 3.63) is 90.0 Å². The molecular formula is C20H19N. The number of nitrogens with one attached hydrogen (secondary N) is 1. The van der Waals surface area contributed by atoms with Crippen LogP contribution in [-0.2, 0) is 6.54 Å². The summed E-state index contributed by atoms with van der Waals surface area (Å²) in [7, 11) is 0. The third kappa shape index (κ3) is 3.59. The second-order valence-corrected chi connectivity index (χ2v) is 5.08. The van der Waals surface area contributed by atoms with E-state index >= 15 is 0 Å². The van der Waals surface area contributed by atoms with Crippen LogP contribution in [0.2, 0.25) is 0 Å². The number of hydrogen-bond acceptors (Lipinski definition) is 1. The zero-order chi connectivity index (χ0) is 14.3. The molecule has 0 saturated heterocycles. The molecule has 0 spiro atoms. The van der Waals surface area contributed by atoms with Crippen molar-refractivity contribution in [1.29, 1.82) is 0 Å². The Labute approximate surface area is 125 Å². The number of benzene rings is 3. The monoisotopic (exact) mass is 273 g/mol. The van der Waals surface area contributed by atoms with Crippen LogP contribution in [0.4, 0.5) is 0 Å². The van der Waals surface area contributed by atoms with E-state index in [0.717, 1.165) is 13.1 Å². The maximum Gasteiger partial charge on any atom is 0.0214 e. The average molecular weight is 273 g/mol. The number of fused-ring (bicyclic) bond motifs is 1. The van der Waals surface area contributed by atoms with Gasteiger partial charge in [-0.1, -0.05) is 84.9 Å². The summed E-state index contributed by atoms with van der Waals surface area (Å²) in [4.78, 5) is 0. The van der Waals surface area contributed by atoms with Crippen LogP contribution in [0.3, 0.4) is 0 Å². The molecule has 0 amide bonds. The van der Waals surface area contributed by atoms with Crippen molar-refractivity contribution in [3.8, 4) is 0 Å². The lowest BCUT2D eigenvalue weighted by Gasteiger charge is -2.06. The van der Waals surface area contributed by atoms with Crippen molar-refractivity contribution < 1.29 is 0 Å². The van der Waals surface area contributed by atoms with Crippen molar-refractivity contribution in [1.82, 2.24) is 5.32 Å². The van der Waals surface area contributed by atoms with Crippen LogP contribution in [0.5, 0.6) is 0 Å². The molecule has 21 heavy (non-hydrogen) atoms. The molecule has 0 fully saturated rings. The van der Waals surface area contributed by atoms with E-state index in [-0.39, 0.29) is 0 Å². The second kappa shape index (κ2) is 6.87. The van der Waals surface area contributed by atoms with Gasteiger partial charge in [0.1, 0.15) is 0 Å². The van der Waals surface area contributed by atoms with Gasteiger partial charge in [0, 0.05) is 13.1 Å². The molecule has 104 valence electrons. The molecule has 1 N–H and O–H groups in total. The first-order valence-electron chi connectivity index (χ1n) is 7.32. The smallest absolute Gasteiger partial charge is 0.0214 e. The van der Waals surface area contributed by atoms with Gasteiger partial charge in [0.25, 0.3) is 0 Å². The quantitative estimate of drug-likeness (QED) is 0.668. The highest BCUT2D eigenvalue weighted by atomic mass is 14.8. The highest BCUT2D eigenvalue weighted by Gasteiger charge is 1.98. The highest BCUT2D eigenvalue weighted by Crippen LogP contribution is 2.18. The van der Waals surface area contributed by atoms with Crippen LogP contribution < -0.4 is 5.32 Å². The number of hydrogen-bond donors (Lipinski definition) is 1. The Bertz CT molecular complexity index is 724. The van der Waals surface area contributed by atoms with Gasteiger partial charge in [-0.2, -0.15) is 0 Å². The molecule has 1 nitrogen and oxygen atoms in total. The molecule has 3 aromatic carbocycles. The number of rotatable bonds is 5. The van der Waals surface area contributed by atoms with Crippen LogP contribution in [0.1, 0.15) is 11.1 Å². The summed E-state index contributed by atoms with van der Waals surface area (Å²) in [5.41, 5.74) is 2.59. The van der Waals surface area contributed by atoms with E-state index in [9.17, 15) is 0 Å². The summed E-state index contributed by atoms with van der Waals surface area (Å²) in [5, 5.41) is 6.11. The van der Waals surface area contributed by atoms with Crippen molar-refractivity contribution in [2.45, 2.75) is 6.54 Å². The molecule has 0 aliphatic rings. The summed E-state index contributed by atoms with van der Waals surface area (Å²) >= 11 is 0. The molecule has 0 atom stereocenters. The van der Waals surface area contributed by atoms with Crippen molar-refractivity contribution in [2.24, 2.45) is 0 Å². The molecule has 1 heteroatoms. The maximum atomic E-state index is 3.48. The van der Waals surface area contributed by atoms with E-state index in [1.54, 1.807) is 0 Å². The van der Waals surface area contributed by atoms with Crippen molar-refractivity contribution in [2.75, 3.05) is 6.54 Å². The van der Waals surface area contributed by atoms with Crippen molar-refractivity contribution >= 4 is 16.8 Å². The SMILES string of the molecule is C(=C/c1ccccc1)/CNCc1cccc2ccccc12. The van der Waals surface area contributed by atoms with E-state index in [2.05, 4.69) is 84.2 Å². The standard InChI is InChI=1S/C20H19N/c1-2-8-17(9-3-1)10-7-15-21-16-19-13-6-12-18-11-4-5-14-20(18)19/h1-14,21H,15-16H2/b10-7-. The normalized spacial score (nSPS) is 11.2. The van der Waals surface area contributed by atoms with Gasteiger partial charge >= 0.3 is 0 Å². The van der Waals surface area contributed by atoms with Gasteiger partial charge in [0.05, 0.1) is 0 Å². The predicted molar refractivity (Wildman–Crippen MR) is 91.1 cm³/mol. The molecule has 0 saturated carbocycles. The van der Waals surface area contributed by atoms with E-state index in [1.165, 1.54) is 21.9 Å². The van der Waals surface area contributed by atoms with Crippen molar-refractivity contribution in [3.63, 3.8) is 0 Å². The summed E-state index contributed by atoms with van der Waals surface area (Å²) < 4.78 is 0. The Morgan fingerprint density at radius 2 is 1.52 bits per heavy atom. The minimum Gasteiger partial charge on any atom is -0.309 e. The van der Waals surface area contributed by atoms with E-state index in [0.29, 0.717) is 0 Å². The van der Waals surface area contributed by atoms with Gasteiger partial charge in [-0.15, -0.1) is 0 Å². The van der Waals surface area contributed by atoms with E-state index < -0.39 is 0 Å². The molecule has 0 aliphatic heterocycles. The Balaban J connectivity index is 1.59. The largest absolute Gasteiger partial charge is 0.309 e. The fourth-order valence-electron chi connectivity index (χ4n) is 2.50. The molecule has 0 aromatic heterocycles. The van der Waals surface area contributed by atoms with Crippen LogP contribution in [0, 0.1) is 0 Å². The lowest BCUT2D eigenvalue weighted by molar-refractivity contribution is 0.765.